The van der Waals surface area contributed by atoms with Gasteiger partial charge in [-0.05, 0) is 36.6 Å². The third-order valence-corrected chi connectivity index (χ3v) is 8.14. The van der Waals surface area contributed by atoms with E-state index in [4.69, 9.17) is 11.6 Å². The second-order valence-electron chi connectivity index (χ2n) is 7.92. The molecule has 10 heteroatoms. The van der Waals surface area contributed by atoms with Crippen molar-refractivity contribution in [2.24, 2.45) is 0 Å². The summed E-state index contributed by atoms with van der Waals surface area (Å²) in [7, 11) is -3.82. The molecule has 0 saturated carbocycles. The van der Waals surface area contributed by atoms with Crippen LogP contribution in [0.1, 0.15) is 18.4 Å². The number of rotatable bonds is 5. The number of carbonyl (C=O) groups is 2. The number of hydrogen-bond donors (Lipinski definition) is 0. The molecule has 2 aromatic rings. The van der Waals surface area contributed by atoms with Crippen LogP contribution >= 0.6 is 11.6 Å². The number of halogens is 2. The molecule has 170 valence electrons. The highest BCUT2D eigenvalue weighted by atomic mass is 35.5. The third kappa shape index (κ3) is 4.51. The van der Waals surface area contributed by atoms with Crippen molar-refractivity contribution in [2.75, 3.05) is 26.2 Å². The fourth-order valence-corrected chi connectivity index (χ4v) is 5.91. The van der Waals surface area contributed by atoms with Crippen molar-refractivity contribution >= 4 is 33.4 Å². The van der Waals surface area contributed by atoms with Crippen LogP contribution in [-0.4, -0.2) is 66.6 Å². The molecule has 0 unspecified atom stereocenters. The lowest BCUT2D eigenvalue weighted by molar-refractivity contribution is -0.158. The van der Waals surface area contributed by atoms with Gasteiger partial charge in [0, 0.05) is 38.8 Å². The molecule has 0 aliphatic carbocycles. The molecular weight excluding hydrogens is 457 g/mol. The van der Waals surface area contributed by atoms with Gasteiger partial charge in [0.2, 0.25) is 10.0 Å². The van der Waals surface area contributed by atoms with E-state index in [0.717, 1.165) is 17.7 Å². The van der Waals surface area contributed by atoms with E-state index in [1.165, 1.54) is 10.4 Å². The minimum atomic E-state index is -3.82. The SMILES string of the molecule is O=C1C(=O)N(C2CCN(S(=O)(=O)c3ccc(F)c(Cl)c3)CC2)CCN1Cc1ccccc1. The Morgan fingerprint density at radius 3 is 2.28 bits per heavy atom. The fraction of sp³-hybridized carbons (Fsp3) is 0.364. The van der Waals surface area contributed by atoms with Gasteiger partial charge in [0.05, 0.1) is 9.92 Å². The van der Waals surface area contributed by atoms with Crippen LogP contribution in [0.15, 0.2) is 53.4 Å². The molecule has 2 aliphatic rings. The Morgan fingerprint density at radius 1 is 0.938 bits per heavy atom. The van der Waals surface area contributed by atoms with Crippen molar-refractivity contribution in [3.05, 3.63) is 64.9 Å². The summed E-state index contributed by atoms with van der Waals surface area (Å²) in [6.07, 6.45) is 0.845. The number of sulfonamides is 1. The highest BCUT2D eigenvalue weighted by molar-refractivity contribution is 7.89. The molecule has 4 rings (SSSR count). The van der Waals surface area contributed by atoms with E-state index >= 15 is 0 Å². The molecule has 7 nitrogen and oxygen atoms in total. The maximum absolute atomic E-state index is 13.4. The Bertz CT molecular complexity index is 1120. The summed E-state index contributed by atoms with van der Waals surface area (Å²) in [5.74, 6) is -1.76. The van der Waals surface area contributed by atoms with Crippen LogP contribution in [0.4, 0.5) is 4.39 Å². The van der Waals surface area contributed by atoms with Crippen molar-refractivity contribution in [3.63, 3.8) is 0 Å². The first-order valence-electron chi connectivity index (χ1n) is 10.4. The van der Waals surface area contributed by atoms with E-state index in [2.05, 4.69) is 0 Å². The highest BCUT2D eigenvalue weighted by Gasteiger charge is 2.39. The minimum Gasteiger partial charge on any atom is -0.330 e. The molecule has 2 saturated heterocycles. The Balaban J connectivity index is 1.37. The molecule has 0 aromatic heterocycles. The van der Waals surface area contributed by atoms with Gasteiger partial charge in [-0.15, -0.1) is 0 Å². The van der Waals surface area contributed by atoms with Crippen LogP contribution in [0.3, 0.4) is 0 Å². The van der Waals surface area contributed by atoms with Gasteiger partial charge >= 0.3 is 11.8 Å². The first kappa shape index (κ1) is 22.7. The number of piperidine rings is 1. The Hall–Kier alpha value is -2.49. The van der Waals surface area contributed by atoms with Crippen molar-refractivity contribution in [1.29, 1.82) is 0 Å². The van der Waals surface area contributed by atoms with Crippen molar-refractivity contribution in [3.8, 4) is 0 Å². The van der Waals surface area contributed by atoms with Crippen LogP contribution in [0.2, 0.25) is 5.02 Å². The summed E-state index contributed by atoms with van der Waals surface area (Å²) in [5, 5.41) is -0.251. The average Bonchev–Trinajstić information content (AvgIpc) is 2.79. The van der Waals surface area contributed by atoms with Crippen molar-refractivity contribution in [2.45, 2.75) is 30.3 Å². The predicted octanol–water partition coefficient (Wildman–Crippen LogP) is 2.50. The highest BCUT2D eigenvalue weighted by Crippen LogP contribution is 2.27. The maximum Gasteiger partial charge on any atom is 0.312 e. The van der Waals surface area contributed by atoms with E-state index in [1.54, 1.807) is 9.80 Å². The number of amides is 2. The molecule has 0 N–H and O–H groups in total. The number of hydrogen-bond acceptors (Lipinski definition) is 4. The van der Waals surface area contributed by atoms with Gasteiger partial charge in [-0.1, -0.05) is 41.9 Å². The van der Waals surface area contributed by atoms with Gasteiger partial charge in [0.15, 0.2) is 0 Å². The zero-order valence-corrected chi connectivity index (χ0v) is 18.9. The van der Waals surface area contributed by atoms with Gasteiger partial charge in [-0.3, -0.25) is 9.59 Å². The van der Waals surface area contributed by atoms with Gasteiger partial charge < -0.3 is 9.80 Å². The second kappa shape index (κ2) is 9.17. The predicted molar refractivity (Wildman–Crippen MR) is 117 cm³/mol. The molecule has 2 fully saturated rings. The van der Waals surface area contributed by atoms with E-state index < -0.39 is 27.7 Å². The van der Waals surface area contributed by atoms with Crippen molar-refractivity contribution in [1.82, 2.24) is 14.1 Å². The van der Waals surface area contributed by atoms with Crippen LogP contribution < -0.4 is 0 Å². The number of carbonyl (C=O) groups excluding carboxylic acids is 2. The Labute approximate surface area is 191 Å². The number of benzene rings is 2. The van der Waals surface area contributed by atoms with E-state index in [0.29, 0.717) is 32.5 Å². The van der Waals surface area contributed by atoms with Gasteiger partial charge in [0.25, 0.3) is 0 Å². The first-order chi connectivity index (χ1) is 15.3. The van der Waals surface area contributed by atoms with Crippen LogP contribution in [-0.2, 0) is 26.2 Å². The first-order valence-corrected chi connectivity index (χ1v) is 12.2. The lowest BCUT2D eigenvalue weighted by Crippen LogP contribution is -2.58. The summed E-state index contributed by atoms with van der Waals surface area (Å²) in [5.41, 5.74) is 0.960. The molecule has 0 radical (unpaired) electrons. The largest absolute Gasteiger partial charge is 0.330 e. The summed E-state index contributed by atoms with van der Waals surface area (Å²) in [4.78, 5) is 28.4. The van der Waals surface area contributed by atoms with Crippen LogP contribution in [0.5, 0.6) is 0 Å². The molecule has 0 atom stereocenters. The zero-order valence-electron chi connectivity index (χ0n) is 17.3. The van der Waals surface area contributed by atoms with Gasteiger partial charge in [0.1, 0.15) is 5.82 Å². The molecular formula is C22H23ClFN3O4S. The number of nitrogens with zero attached hydrogens (tertiary/aromatic N) is 3. The molecule has 2 aliphatic heterocycles. The minimum absolute atomic E-state index is 0.0665. The smallest absolute Gasteiger partial charge is 0.312 e. The summed E-state index contributed by atoms with van der Waals surface area (Å²) in [6, 6.07) is 12.6. The fourth-order valence-electron chi connectivity index (χ4n) is 4.17. The quantitative estimate of drug-likeness (QED) is 0.617. The summed E-state index contributed by atoms with van der Waals surface area (Å²) >= 11 is 5.74. The molecule has 2 amide bonds. The topological polar surface area (TPSA) is 78.0 Å². The normalized spacial score (nSPS) is 18.9. The second-order valence-corrected chi connectivity index (χ2v) is 10.3. The lowest BCUT2D eigenvalue weighted by atomic mass is 10.0. The molecule has 2 aromatic carbocycles. The molecule has 32 heavy (non-hydrogen) atoms. The molecule has 0 bridgehead atoms. The van der Waals surface area contributed by atoms with Crippen LogP contribution in [0, 0.1) is 5.82 Å². The molecule has 2 heterocycles. The van der Waals surface area contributed by atoms with Gasteiger partial charge in [-0.2, -0.15) is 4.31 Å². The third-order valence-electron chi connectivity index (χ3n) is 5.95. The Morgan fingerprint density at radius 2 is 1.62 bits per heavy atom. The van der Waals surface area contributed by atoms with Crippen molar-refractivity contribution < 1.29 is 22.4 Å². The lowest BCUT2D eigenvalue weighted by Gasteiger charge is -2.41. The van der Waals surface area contributed by atoms with E-state index in [1.807, 2.05) is 30.3 Å². The Kier molecular flexibility index (Phi) is 6.50. The average molecular weight is 480 g/mol. The molecule has 0 spiro atoms. The monoisotopic (exact) mass is 479 g/mol. The van der Waals surface area contributed by atoms with Crippen LogP contribution in [0.25, 0.3) is 0 Å². The summed E-state index contributed by atoms with van der Waals surface area (Å²) < 4.78 is 40.4. The van der Waals surface area contributed by atoms with E-state index in [9.17, 15) is 22.4 Å². The zero-order chi connectivity index (χ0) is 22.9. The van der Waals surface area contributed by atoms with E-state index in [-0.39, 0.29) is 29.0 Å². The summed E-state index contributed by atoms with van der Waals surface area (Å²) in [6.45, 7) is 1.64. The van der Waals surface area contributed by atoms with Gasteiger partial charge in [-0.25, -0.2) is 12.8 Å². The standard InChI is InChI=1S/C22H23ClFN3O4S/c23-19-14-18(6-7-20(19)24)32(30,31)26-10-8-17(9-11-26)27-13-12-25(21(28)22(27)29)15-16-4-2-1-3-5-16/h1-7,14,17H,8-13,15H2. The maximum atomic E-state index is 13.4. The number of piperazine rings is 1.